The lowest BCUT2D eigenvalue weighted by Crippen LogP contribution is -2.30. The fraction of sp³-hybridized carbons (Fsp3) is 0.942. The van der Waals surface area contributed by atoms with Crippen molar-refractivity contribution in [2.75, 3.05) is 39.6 Å². The Morgan fingerprint density at radius 3 is 0.807 bits per heavy atom. The first-order chi connectivity index (χ1) is 42.1. The Labute approximate surface area is 537 Å². The molecule has 0 amide bonds. The van der Waals surface area contributed by atoms with Gasteiger partial charge in [-0.05, 0) is 49.4 Å². The van der Waals surface area contributed by atoms with Gasteiger partial charge in [0.25, 0.3) is 0 Å². The van der Waals surface area contributed by atoms with Crippen LogP contribution in [0.2, 0.25) is 0 Å². The Morgan fingerprint density at radius 1 is 0.318 bits per heavy atom. The summed E-state index contributed by atoms with van der Waals surface area (Å²) in [4.78, 5) is 72.5. The summed E-state index contributed by atoms with van der Waals surface area (Å²) >= 11 is 0. The molecule has 3 N–H and O–H groups in total. The summed E-state index contributed by atoms with van der Waals surface area (Å²) in [6.07, 6.45) is 40.3. The third-order valence-corrected chi connectivity index (χ3v) is 18.1. The maximum atomic E-state index is 13.0. The molecule has 88 heavy (non-hydrogen) atoms. The van der Waals surface area contributed by atoms with Crippen LogP contribution in [0.25, 0.3) is 0 Å². The molecule has 0 bridgehead atoms. The molecule has 0 rings (SSSR count). The fourth-order valence-electron chi connectivity index (χ4n) is 10.3. The van der Waals surface area contributed by atoms with Gasteiger partial charge in [0, 0.05) is 25.7 Å². The zero-order valence-corrected chi connectivity index (χ0v) is 59.1. The van der Waals surface area contributed by atoms with Crippen molar-refractivity contribution >= 4 is 39.5 Å². The van der Waals surface area contributed by atoms with Gasteiger partial charge < -0.3 is 33.8 Å². The second-order valence-electron chi connectivity index (χ2n) is 26.6. The zero-order chi connectivity index (χ0) is 65.4. The highest BCUT2D eigenvalue weighted by molar-refractivity contribution is 7.47. The van der Waals surface area contributed by atoms with E-state index in [1.165, 1.54) is 135 Å². The van der Waals surface area contributed by atoms with Gasteiger partial charge in [-0.15, -0.1) is 0 Å². The van der Waals surface area contributed by atoms with E-state index >= 15 is 0 Å². The van der Waals surface area contributed by atoms with Gasteiger partial charge in [-0.1, -0.05) is 287 Å². The van der Waals surface area contributed by atoms with Gasteiger partial charge in [0.1, 0.15) is 19.3 Å². The van der Waals surface area contributed by atoms with E-state index in [-0.39, 0.29) is 25.7 Å². The molecule has 0 saturated carbocycles. The molecule has 0 aliphatic rings. The molecule has 17 nitrogen and oxygen atoms in total. The normalized spacial score (nSPS) is 14.6. The molecule has 19 heteroatoms. The maximum absolute atomic E-state index is 13.0. The van der Waals surface area contributed by atoms with Crippen molar-refractivity contribution in [3.8, 4) is 0 Å². The Bertz CT molecular complexity index is 1750. The van der Waals surface area contributed by atoms with Crippen molar-refractivity contribution in [2.24, 2.45) is 23.7 Å². The van der Waals surface area contributed by atoms with Crippen molar-refractivity contribution in [3.05, 3.63) is 0 Å². The van der Waals surface area contributed by atoms with Gasteiger partial charge in [-0.25, -0.2) is 9.13 Å². The molecule has 6 atom stereocenters. The predicted molar refractivity (Wildman–Crippen MR) is 354 cm³/mol. The van der Waals surface area contributed by atoms with Crippen LogP contribution in [0.15, 0.2) is 0 Å². The van der Waals surface area contributed by atoms with Gasteiger partial charge in [-0.3, -0.25) is 37.3 Å². The lowest BCUT2D eigenvalue weighted by atomic mass is 10.00. The highest BCUT2D eigenvalue weighted by atomic mass is 31.2. The molecule has 0 heterocycles. The summed E-state index contributed by atoms with van der Waals surface area (Å²) in [5, 5.41) is 10.6. The topological polar surface area (TPSA) is 237 Å². The van der Waals surface area contributed by atoms with Crippen LogP contribution in [0.5, 0.6) is 0 Å². The van der Waals surface area contributed by atoms with Crippen LogP contribution in [-0.4, -0.2) is 96.7 Å². The summed E-state index contributed by atoms with van der Waals surface area (Å²) in [6.45, 7) is 14.1. The molecule has 0 saturated heterocycles. The van der Waals surface area contributed by atoms with E-state index in [1.54, 1.807) is 0 Å². The molecule has 522 valence electrons. The van der Waals surface area contributed by atoms with Crippen LogP contribution in [0.1, 0.15) is 338 Å². The predicted octanol–water partition coefficient (Wildman–Crippen LogP) is 19.3. The van der Waals surface area contributed by atoms with Gasteiger partial charge in [0.2, 0.25) is 0 Å². The smallest absolute Gasteiger partial charge is 0.462 e. The lowest BCUT2D eigenvalue weighted by molar-refractivity contribution is -0.161. The summed E-state index contributed by atoms with van der Waals surface area (Å²) in [6, 6.07) is 0. The largest absolute Gasteiger partial charge is 0.472 e. The number of phosphoric ester groups is 2. The first kappa shape index (κ1) is 86.1. The van der Waals surface area contributed by atoms with Gasteiger partial charge >= 0.3 is 39.5 Å². The molecule has 0 aromatic heterocycles. The summed E-state index contributed by atoms with van der Waals surface area (Å²) in [7, 11) is -9.90. The minimum Gasteiger partial charge on any atom is -0.462 e. The van der Waals surface area contributed by atoms with Gasteiger partial charge in [-0.2, -0.15) is 0 Å². The van der Waals surface area contributed by atoms with Crippen molar-refractivity contribution < 1.29 is 80.2 Å². The Morgan fingerprint density at radius 2 is 0.545 bits per heavy atom. The number of hydrogen-bond acceptors (Lipinski definition) is 15. The fourth-order valence-corrected chi connectivity index (χ4v) is 11.9. The Hall–Kier alpha value is -1.94. The number of phosphoric acid groups is 2. The molecule has 3 unspecified atom stereocenters. The zero-order valence-electron chi connectivity index (χ0n) is 57.3. The number of aliphatic hydroxyl groups is 1. The molecule has 0 radical (unpaired) electrons. The highest BCUT2D eigenvalue weighted by Crippen LogP contribution is 2.45. The lowest BCUT2D eigenvalue weighted by Gasteiger charge is -2.21. The summed E-state index contributed by atoms with van der Waals surface area (Å²) in [5.74, 6) is 0.839. The number of aliphatic hydroxyl groups excluding tert-OH is 1. The van der Waals surface area contributed by atoms with Gasteiger partial charge in [0.05, 0.1) is 26.4 Å². The Balaban J connectivity index is 5.25. The minimum absolute atomic E-state index is 0.104. The van der Waals surface area contributed by atoms with Gasteiger partial charge in [0.15, 0.2) is 12.2 Å². The van der Waals surface area contributed by atoms with Crippen LogP contribution in [0.3, 0.4) is 0 Å². The first-order valence-electron chi connectivity index (χ1n) is 35.7. The quantitative estimate of drug-likeness (QED) is 0.0222. The number of carbonyl (C=O) groups excluding carboxylic acids is 4. The third kappa shape index (κ3) is 61.6. The van der Waals surface area contributed by atoms with E-state index in [4.69, 9.17) is 37.0 Å². The number of rotatable bonds is 66. The average Bonchev–Trinajstić information content (AvgIpc) is 3.54. The van der Waals surface area contributed by atoms with E-state index in [1.807, 2.05) is 0 Å². The van der Waals surface area contributed by atoms with Crippen molar-refractivity contribution in [3.63, 3.8) is 0 Å². The highest BCUT2D eigenvalue weighted by Gasteiger charge is 2.30. The van der Waals surface area contributed by atoms with Crippen LogP contribution in [0, 0.1) is 23.7 Å². The average molecular weight is 1300 g/mol. The molecule has 0 aliphatic carbocycles. The molecule has 0 fully saturated rings. The molecule has 0 spiro atoms. The van der Waals surface area contributed by atoms with E-state index < -0.39 is 97.5 Å². The number of hydrogen-bond donors (Lipinski definition) is 3. The van der Waals surface area contributed by atoms with E-state index in [0.717, 1.165) is 120 Å². The van der Waals surface area contributed by atoms with Crippen LogP contribution in [-0.2, 0) is 65.4 Å². The number of unbranched alkanes of at least 4 members (excludes halogenated alkanes) is 31. The summed E-state index contributed by atoms with van der Waals surface area (Å²) in [5.41, 5.74) is 0. The SMILES string of the molecule is CCC(C)CCCCCCCCC(=O)OC[C@H](COP(=O)(O)OC[C@H](O)COP(=O)(O)OC[C@@H](COC(=O)CCCCCCCCCCCCCC(C)C)OC(=O)CCCCCCCCCCC(C)C)OC(=O)CCCCCCCCCCCCC(C)C. The first-order valence-corrected chi connectivity index (χ1v) is 38.7. The Kier molecular flexibility index (Phi) is 57.6. The summed E-state index contributed by atoms with van der Waals surface area (Å²) < 4.78 is 68.2. The van der Waals surface area contributed by atoms with Crippen molar-refractivity contribution in [1.82, 2.24) is 0 Å². The number of ether oxygens (including phenoxy) is 4. The van der Waals surface area contributed by atoms with E-state index in [2.05, 4.69) is 55.4 Å². The minimum atomic E-state index is -4.95. The maximum Gasteiger partial charge on any atom is 0.472 e. The van der Waals surface area contributed by atoms with Crippen LogP contribution in [0.4, 0.5) is 0 Å². The van der Waals surface area contributed by atoms with Crippen molar-refractivity contribution in [2.45, 2.75) is 356 Å². The molecular formula is C69H134O17P2. The standard InChI is InChI=1S/C69H134O17P2/c1-9-62(8)48-40-32-27-28-34-42-50-67(72)80-56-65(85-68(73)51-43-35-25-18-14-13-16-22-30-38-46-60(4)5)58-84-88(77,78)82-54-63(70)53-81-87(75,76)83-57-64(86-69(74)52-44-36-26-20-19-23-31-39-47-61(6)7)55-79-66(71)49-41-33-24-17-12-10-11-15-21-29-37-45-59(2)3/h59-65,70H,9-58H2,1-8H3,(H,75,76)(H,77,78)/t62?,63-,64-,65-/m1/s1. The number of carbonyl (C=O) groups is 4. The monoisotopic (exact) mass is 1300 g/mol. The second kappa shape index (κ2) is 58.8. The van der Waals surface area contributed by atoms with E-state index in [9.17, 15) is 43.2 Å². The second-order valence-corrected chi connectivity index (χ2v) is 29.5. The molecule has 0 aromatic rings. The van der Waals surface area contributed by atoms with E-state index in [0.29, 0.717) is 25.7 Å². The van der Waals surface area contributed by atoms with Crippen LogP contribution >= 0.6 is 15.6 Å². The molecular weight excluding hydrogens is 1160 g/mol. The third-order valence-electron chi connectivity index (χ3n) is 16.2. The number of esters is 4. The van der Waals surface area contributed by atoms with Crippen LogP contribution < -0.4 is 0 Å². The molecule has 0 aromatic carbocycles. The van der Waals surface area contributed by atoms with Crippen molar-refractivity contribution in [1.29, 1.82) is 0 Å². The molecule has 0 aliphatic heterocycles.